The first-order valence-electron chi connectivity index (χ1n) is 7.32. The molecule has 0 saturated carbocycles. The molecule has 2 aliphatic rings. The number of piperazine rings is 1. The minimum atomic E-state index is -0.441. The molecule has 21 heavy (non-hydrogen) atoms. The van der Waals surface area contributed by atoms with Crippen molar-refractivity contribution in [1.29, 1.82) is 0 Å². The molecule has 2 heterocycles. The van der Waals surface area contributed by atoms with E-state index in [0.29, 0.717) is 32.6 Å². The lowest BCUT2D eigenvalue weighted by Crippen LogP contribution is -2.50. The van der Waals surface area contributed by atoms with Crippen LogP contribution in [0.5, 0.6) is 0 Å². The highest BCUT2D eigenvalue weighted by molar-refractivity contribution is 5.68. The van der Waals surface area contributed by atoms with Crippen LogP contribution in [0.3, 0.4) is 0 Å². The maximum atomic E-state index is 12.0. The average Bonchev–Trinajstić information content (AvgIpc) is 2.95. The molecular formula is C15H20N3O3. The molecule has 6 heteroatoms. The summed E-state index contributed by atoms with van der Waals surface area (Å²) < 4.78 is 5.44. The molecule has 0 bridgehead atoms. The third kappa shape index (κ3) is 3.46. The number of para-hydroxylation sites is 1. The van der Waals surface area contributed by atoms with E-state index < -0.39 is 12.3 Å². The molecule has 3 rings (SSSR count). The Balaban J connectivity index is 1.55. The molecule has 6 nitrogen and oxygen atoms in total. The molecule has 1 aromatic rings. The van der Waals surface area contributed by atoms with Gasteiger partial charge in [-0.25, -0.2) is 4.79 Å². The van der Waals surface area contributed by atoms with Gasteiger partial charge in [-0.3, -0.25) is 0 Å². The zero-order valence-corrected chi connectivity index (χ0v) is 11.9. The van der Waals surface area contributed by atoms with Crippen LogP contribution in [0.4, 0.5) is 10.5 Å². The number of likely N-dealkylation sites (tertiary alicyclic amines) is 1. The smallest absolute Gasteiger partial charge is 0.411 e. The normalized spacial score (nSPS) is 26.0. The maximum absolute atomic E-state index is 12.0. The first kappa shape index (κ1) is 14.2. The maximum Gasteiger partial charge on any atom is 0.411 e. The summed E-state index contributed by atoms with van der Waals surface area (Å²) in [5, 5.41) is 13.8. The zero-order valence-electron chi connectivity index (χ0n) is 11.9. The molecule has 0 unspecified atom stereocenters. The standard InChI is InChI=1S/C15H20N3O3/c19-13-6-8-18(10-13)15(20)21-14-11-17(9-7-16-14)12-4-2-1-3-5-12/h1-5,13-14,19H,6-11H2/t13-,14+/m1/s1. The molecule has 2 atom stereocenters. The molecule has 0 spiro atoms. The summed E-state index contributed by atoms with van der Waals surface area (Å²) in [6, 6.07) is 10.1. The second-order valence-electron chi connectivity index (χ2n) is 5.41. The van der Waals surface area contributed by atoms with E-state index in [1.165, 1.54) is 0 Å². The summed E-state index contributed by atoms with van der Waals surface area (Å²) in [6.45, 7) is 2.96. The summed E-state index contributed by atoms with van der Waals surface area (Å²) >= 11 is 0. The number of carbonyl (C=O) groups excluding carboxylic acids is 1. The Hall–Kier alpha value is -1.79. The number of benzene rings is 1. The SMILES string of the molecule is O=C(O[C@H]1CN(c2ccccc2)CC[N]1)N1CC[C@@H](O)C1. The van der Waals surface area contributed by atoms with Crippen LogP contribution >= 0.6 is 0 Å². The molecule has 2 fully saturated rings. The minimum Gasteiger partial charge on any atom is -0.427 e. The third-order valence-electron chi connectivity index (χ3n) is 3.86. The largest absolute Gasteiger partial charge is 0.427 e. The van der Waals surface area contributed by atoms with Gasteiger partial charge >= 0.3 is 6.09 Å². The van der Waals surface area contributed by atoms with Crippen LogP contribution in [0.15, 0.2) is 30.3 Å². The molecule has 1 N–H and O–H groups in total. The fraction of sp³-hybridized carbons (Fsp3) is 0.533. The Kier molecular flexibility index (Phi) is 4.26. The number of ether oxygens (including phenoxy) is 1. The van der Waals surface area contributed by atoms with Gasteiger partial charge in [0, 0.05) is 31.9 Å². The summed E-state index contributed by atoms with van der Waals surface area (Å²) in [4.78, 5) is 15.7. The molecule has 1 radical (unpaired) electrons. The number of hydrogen-bond donors (Lipinski definition) is 1. The second-order valence-corrected chi connectivity index (χ2v) is 5.41. The topological polar surface area (TPSA) is 67.1 Å². The molecule has 113 valence electrons. The van der Waals surface area contributed by atoms with Crippen LogP contribution < -0.4 is 10.2 Å². The van der Waals surface area contributed by atoms with Gasteiger partial charge in [0.2, 0.25) is 0 Å². The summed E-state index contributed by atoms with van der Waals surface area (Å²) in [5.41, 5.74) is 1.12. The summed E-state index contributed by atoms with van der Waals surface area (Å²) in [6.07, 6.45) is -0.631. The number of hydrogen-bond acceptors (Lipinski definition) is 4. The molecule has 1 aromatic carbocycles. The Bertz CT molecular complexity index is 482. The van der Waals surface area contributed by atoms with Gasteiger partial charge in [0.15, 0.2) is 6.23 Å². The molecule has 2 aliphatic heterocycles. The van der Waals surface area contributed by atoms with E-state index in [2.05, 4.69) is 10.2 Å². The number of anilines is 1. The number of nitrogens with zero attached hydrogens (tertiary/aromatic N) is 3. The molecule has 2 saturated heterocycles. The van der Waals surface area contributed by atoms with Gasteiger partial charge < -0.3 is 19.6 Å². The van der Waals surface area contributed by atoms with Crippen molar-refractivity contribution >= 4 is 11.8 Å². The molecular weight excluding hydrogens is 270 g/mol. The van der Waals surface area contributed by atoms with Crippen molar-refractivity contribution in [3.05, 3.63) is 30.3 Å². The van der Waals surface area contributed by atoms with Gasteiger partial charge in [-0.1, -0.05) is 18.2 Å². The number of rotatable bonds is 2. The van der Waals surface area contributed by atoms with Crippen molar-refractivity contribution in [1.82, 2.24) is 10.2 Å². The van der Waals surface area contributed by atoms with E-state index in [1.54, 1.807) is 4.90 Å². The van der Waals surface area contributed by atoms with Crippen LogP contribution in [0, 0.1) is 0 Å². The van der Waals surface area contributed by atoms with Crippen LogP contribution in [0.2, 0.25) is 0 Å². The quantitative estimate of drug-likeness (QED) is 0.868. The van der Waals surface area contributed by atoms with Crippen molar-refractivity contribution in [3.63, 3.8) is 0 Å². The Labute approximate surface area is 124 Å². The van der Waals surface area contributed by atoms with E-state index in [0.717, 1.165) is 12.2 Å². The lowest BCUT2D eigenvalue weighted by atomic mass is 10.2. The Morgan fingerprint density at radius 3 is 2.76 bits per heavy atom. The highest BCUT2D eigenvalue weighted by atomic mass is 16.6. The summed E-state index contributed by atoms with van der Waals surface area (Å²) in [5.74, 6) is 0. The number of carbonyl (C=O) groups is 1. The first-order valence-corrected chi connectivity index (χ1v) is 7.32. The van der Waals surface area contributed by atoms with Gasteiger partial charge in [-0.15, -0.1) is 0 Å². The van der Waals surface area contributed by atoms with E-state index in [9.17, 15) is 9.90 Å². The minimum absolute atomic E-state index is 0.355. The van der Waals surface area contributed by atoms with E-state index in [1.807, 2.05) is 30.3 Å². The fourth-order valence-corrected chi connectivity index (χ4v) is 2.71. The van der Waals surface area contributed by atoms with E-state index in [-0.39, 0.29) is 6.09 Å². The van der Waals surface area contributed by atoms with E-state index >= 15 is 0 Å². The van der Waals surface area contributed by atoms with Crippen molar-refractivity contribution in [3.8, 4) is 0 Å². The van der Waals surface area contributed by atoms with Crippen LogP contribution in [-0.4, -0.2) is 61.2 Å². The summed E-state index contributed by atoms with van der Waals surface area (Å²) in [7, 11) is 0. The predicted octanol–water partition coefficient (Wildman–Crippen LogP) is 0.640. The van der Waals surface area contributed by atoms with E-state index in [4.69, 9.17) is 4.74 Å². The van der Waals surface area contributed by atoms with Crippen molar-refractivity contribution in [2.75, 3.05) is 37.6 Å². The fourth-order valence-electron chi connectivity index (χ4n) is 2.71. The highest BCUT2D eigenvalue weighted by Crippen LogP contribution is 2.17. The highest BCUT2D eigenvalue weighted by Gasteiger charge is 2.30. The molecule has 0 aromatic heterocycles. The third-order valence-corrected chi connectivity index (χ3v) is 3.86. The second kappa shape index (κ2) is 6.32. The van der Waals surface area contributed by atoms with Crippen LogP contribution in [0.1, 0.15) is 6.42 Å². The van der Waals surface area contributed by atoms with Gasteiger partial charge in [0.25, 0.3) is 0 Å². The molecule has 0 aliphatic carbocycles. The van der Waals surface area contributed by atoms with Gasteiger partial charge in [-0.05, 0) is 18.6 Å². The lowest BCUT2D eigenvalue weighted by Gasteiger charge is -2.34. The first-order chi connectivity index (χ1) is 10.2. The van der Waals surface area contributed by atoms with Gasteiger partial charge in [0.1, 0.15) is 0 Å². The number of aliphatic hydroxyl groups excluding tert-OH is 1. The van der Waals surface area contributed by atoms with Crippen molar-refractivity contribution < 1.29 is 14.6 Å². The number of aliphatic hydroxyl groups is 1. The van der Waals surface area contributed by atoms with Gasteiger partial charge in [-0.2, -0.15) is 5.32 Å². The van der Waals surface area contributed by atoms with Gasteiger partial charge in [0.05, 0.1) is 12.6 Å². The number of β-amino-alcohol motifs (C(OH)–C–C–N with tert-alkyl or cyclic N) is 1. The Morgan fingerprint density at radius 2 is 2.05 bits per heavy atom. The van der Waals surface area contributed by atoms with Crippen LogP contribution in [-0.2, 0) is 4.74 Å². The average molecular weight is 290 g/mol. The van der Waals surface area contributed by atoms with Crippen LogP contribution in [0.25, 0.3) is 0 Å². The van der Waals surface area contributed by atoms with Crippen molar-refractivity contribution in [2.24, 2.45) is 0 Å². The Morgan fingerprint density at radius 1 is 1.24 bits per heavy atom. The zero-order chi connectivity index (χ0) is 14.7. The molecule has 1 amide bonds. The lowest BCUT2D eigenvalue weighted by molar-refractivity contribution is 0.0454. The monoisotopic (exact) mass is 290 g/mol. The number of amides is 1. The predicted molar refractivity (Wildman–Crippen MR) is 78.1 cm³/mol. The van der Waals surface area contributed by atoms with Crippen molar-refractivity contribution in [2.45, 2.75) is 18.8 Å².